The van der Waals surface area contributed by atoms with Gasteiger partial charge in [-0.25, -0.2) is 13.1 Å². The molecular formula is C15H22ClNO2S. The molecule has 0 aliphatic heterocycles. The molecule has 0 bridgehead atoms. The van der Waals surface area contributed by atoms with E-state index in [1.165, 1.54) is 0 Å². The highest BCUT2D eigenvalue weighted by Gasteiger charge is 2.27. The van der Waals surface area contributed by atoms with Crippen LogP contribution < -0.4 is 4.72 Å². The molecule has 0 spiro atoms. The van der Waals surface area contributed by atoms with Crippen LogP contribution in [0, 0.1) is 13.8 Å². The molecule has 20 heavy (non-hydrogen) atoms. The van der Waals surface area contributed by atoms with Crippen molar-refractivity contribution >= 4 is 21.6 Å². The SMILES string of the molecule is Cc1ccc(S(=O)(=O)NC2CCCCCC2Cl)cc1C. The van der Waals surface area contributed by atoms with Crippen molar-refractivity contribution in [2.45, 2.75) is 62.3 Å². The summed E-state index contributed by atoms with van der Waals surface area (Å²) in [7, 11) is -3.48. The number of hydrogen-bond acceptors (Lipinski definition) is 2. The van der Waals surface area contributed by atoms with Gasteiger partial charge in [0.1, 0.15) is 0 Å². The van der Waals surface area contributed by atoms with Crippen LogP contribution in [-0.2, 0) is 10.0 Å². The van der Waals surface area contributed by atoms with Gasteiger partial charge in [0, 0.05) is 11.4 Å². The van der Waals surface area contributed by atoms with Gasteiger partial charge < -0.3 is 0 Å². The van der Waals surface area contributed by atoms with E-state index in [9.17, 15) is 8.42 Å². The summed E-state index contributed by atoms with van der Waals surface area (Å²) in [5, 5.41) is -0.112. The van der Waals surface area contributed by atoms with Gasteiger partial charge in [-0.2, -0.15) is 0 Å². The average molecular weight is 316 g/mol. The summed E-state index contributed by atoms with van der Waals surface area (Å²) in [4.78, 5) is 0.328. The Labute approximate surface area is 126 Å². The van der Waals surface area contributed by atoms with Crippen LogP contribution in [0.25, 0.3) is 0 Å². The number of aryl methyl sites for hydroxylation is 2. The number of alkyl halides is 1. The second-order valence-corrected chi connectivity index (χ2v) is 7.90. The van der Waals surface area contributed by atoms with Crippen molar-refractivity contribution in [2.24, 2.45) is 0 Å². The molecule has 5 heteroatoms. The largest absolute Gasteiger partial charge is 0.240 e. The molecule has 0 saturated heterocycles. The van der Waals surface area contributed by atoms with Crippen molar-refractivity contribution in [1.82, 2.24) is 4.72 Å². The molecule has 1 saturated carbocycles. The van der Waals surface area contributed by atoms with E-state index in [-0.39, 0.29) is 11.4 Å². The van der Waals surface area contributed by atoms with Crippen LogP contribution >= 0.6 is 11.6 Å². The Bertz CT molecular complexity index is 571. The van der Waals surface area contributed by atoms with E-state index in [4.69, 9.17) is 11.6 Å². The number of halogens is 1. The molecule has 1 fully saturated rings. The van der Waals surface area contributed by atoms with E-state index in [2.05, 4.69) is 4.72 Å². The Kier molecular flexibility index (Phi) is 5.10. The molecule has 112 valence electrons. The topological polar surface area (TPSA) is 46.2 Å². The second kappa shape index (κ2) is 6.46. The molecule has 2 atom stereocenters. The normalized spacial score (nSPS) is 24.4. The molecule has 2 rings (SSSR count). The third-order valence-electron chi connectivity index (χ3n) is 4.03. The van der Waals surface area contributed by atoms with E-state index >= 15 is 0 Å². The molecule has 1 N–H and O–H groups in total. The summed E-state index contributed by atoms with van der Waals surface area (Å²) in [5.74, 6) is 0. The quantitative estimate of drug-likeness (QED) is 0.685. The van der Waals surface area contributed by atoms with Crippen LogP contribution in [-0.4, -0.2) is 19.8 Å². The van der Waals surface area contributed by atoms with E-state index in [1.54, 1.807) is 12.1 Å². The highest BCUT2D eigenvalue weighted by Crippen LogP contribution is 2.24. The summed E-state index contributed by atoms with van der Waals surface area (Å²) in [6, 6.07) is 5.06. The molecular weight excluding hydrogens is 294 g/mol. The Morgan fingerprint density at radius 1 is 1.10 bits per heavy atom. The highest BCUT2D eigenvalue weighted by molar-refractivity contribution is 7.89. The molecule has 1 aromatic carbocycles. The smallest absolute Gasteiger partial charge is 0.207 e. The Balaban J connectivity index is 2.19. The van der Waals surface area contributed by atoms with Crippen LogP contribution in [0.2, 0.25) is 0 Å². The minimum absolute atomic E-state index is 0.112. The maximum atomic E-state index is 12.5. The zero-order valence-corrected chi connectivity index (χ0v) is 13.6. The lowest BCUT2D eigenvalue weighted by molar-refractivity contribution is 0.514. The zero-order chi connectivity index (χ0) is 14.8. The van der Waals surface area contributed by atoms with Gasteiger partial charge in [0.25, 0.3) is 0 Å². The average Bonchev–Trinajstić information content (AvgIpc) is 2.58. The predicted octanol–water partition coefficient (Wildman–Crippen LogP) is 3.52. The van der Waals surface area contributed by atoms with E-state index in [0.717, 1.165) is 43.2 Å². The lowest BCUT2D eigenvalue weighted by atomic mass is 10.1. The Morgan fingerprint density at radius 3 is 2.50 bits per heavy atom. The minimum atomic E-state index is -3.48. The van der Waals surface area contributed by atoms with Gasteiger partial charge in [0.2, 0.25) is 10.0 Å². The number of benzene rings is 1. The van der Waals surface area contributed by atoms with Gasteiger partial charge in [-0.05, 0) is 49.9 Å². The zero-order valence-electron chi connectivity index (χ0n) is 12.0. The fourth-order valence-electron chi connectivity index (χ4n) is 2.54. The van der Waals surface area contributed by atoms with E-state index in [1.807, 2.05) is 19.9 Å². The fourth-order valence-corrected chi connectivity index (χ4v) is 4.36. The van der Waals surface area contributed by atoms with Gasteiger partial charge in [-0.15, -0.1) is 11.6 Å². The minimum Gasteiger partial charge on any atom is -0.207 e. The molecule has 1 aromatic rings. The van der Waals surface area contributed by atoms with E-state index in [0.29, 0.717) is 4.90 Å². The van der Waals surface area contributed by atoms with E-state index < -0.39 is 10.0 Å². The van der Waals surface area contributed by atoms with Gasteiger partial charge in [0.05, 0.1) is 4.90 Å². The van der Waals surface area contributed by atoms with Crippen molar-refractivity contribution < 1.29 is 8.42 Å². The maximum absolute atomic E-state index is 12.5. The summed E-state index contributed by atoms with van der Waals surface area (Å²) in [5.41, 5.74) is 2.07. The first kappa shape index (κ1) is 15.8. The first-order valence-corrected chi connectivity index (χ1v) is 9.06. The van der Waals surface area contributed by atoms with Gasteiger partial charge >= 0.3 is 0 Å². The first-order valence-electron chi connectivity index (χ1n) is 7.14. The van der Waals surface area contributed by atoms with Crippen molar-refractivity contribution in [3.63, 3.8) is 0 Å². The van der Waals surface area contributed by atoms with Crippen molar-refractivity contribution in [1.29, 1.82) is 0 Å². The summed E-state index contributed by atoms with van der Waals surface area (Å²) < 4.78 is 27.7. The van der Waals surface area contributed by atoms with Gasteiger partial charge in [0.15, 0.2) is 0 Å². The summed E-state index contributed by atoms with van der Waals surface area (Å²) >= 11 is 6.31. The van der Waals surface area contributed by atoms with Crippen molar-refractivity contribution in [3.8, 4) is 0 Å². The maximum Gasteiger partial charge on any atom is 0.240 e. The van der Waals surface area contributed by atoms with Crippen LogP contribution in [0.15, 0.2) is 23.1 Å². The fraction of sp³-hybridized carbons (Fsp3) is 0.600. The monoisotopic (exact) mass is 315 g/mol. The van der Waals surface area contributed by atoms with Crippen LogP contribution in [0.3, 0.4) is 0 Å². The van der Waals surface area contributed by atoms with Crippen LogP contribution in [0.4, 0.5) is 0 Å². The number of sulfonamides is 1. The number of nitrogens with one attached hydrogen (secondary N) is 1. The molecule has 2 unspecified atom stereocenters. The molecule has 0 aromatic heterocycles. The molecule has 1 aliphatic carbocycles. The van der Waals surface area contributed by atoms with Crippen molar-refractivity contribution in [3.05, 3.63) is 29.3 Å². The molecule has 0 heterocycles. The number of rotatable bonds is 3. The summed E-state index contributed by atoms with van der Waals surface area (Å²) in [6.45, 7) is 3.89. The Morgan fingerprint density at radius 2 is 1.80 bits per heavy atom. The molecule has 0 amide bonds. The first-order chi connectivity index (χ1) is 9.40. The van der Waals surface area contributed by atoms with Gasteiger partial charge in [-0.3, -0.25) is 0 Å². The predicted molar refractivity (Wildman–Crippen MR) is 82.8 cm³/mol. The lowest BCUT2D eigenvalue weighted by Crippen LogP contribution is -2.40. The molecule has 1 aliphatic rings. The van der Waals surface area contributed by atoms with Crippen LogP contribution in [0.5, 0.6) is 0 Å². The third kappa shape index (κ3) is 3.74. The van der Waals surface area contributed by atoms with Crippen LogP contribution in [0.1, 0.15) is 43.2 Å². The molecule has 0 radical (unpaired) electrons. The standard InChI is InChI=1S/C15H22ClNO2S/c1-11-8-9-13(10-12(11)2)20(18,19)17-15-7-5-3-4-6-14(15)16/h8-10,14-15,17H,3-7H2,1-2H3. The van der Waals surface area contributed by atoms with Crippen molar-refractivity contribution in [2.75, 3.05) is 0 Å². The van der Waals surface area contributed by atoms with Gasteiger partial charge in [-0.1, -0.05) is 25.3 Å². The second-order valence-electron chi connectivity index (χ2n) is 5.63. The third-order valence-corrected chi connectivity index (χ3v) is 6.04. The lowest BCUT2D eigenvalue weighted by Gasteiger charge is -2.21. The summed E-state index contributed by atoms with van der Waals surface area (Å²) in [6.07, 6.45) is 4.93. The number of hydrogen-bond donors (Lipinski definition) is 1. The molecule has 3 nitrogen and oxygen atoms in total. The Hall–Kier alpha value is -0.580. The highest BCUT2D eigenvalue weighted by atomic mass is 35.5.